The van der Waals surface area contributed by atoms with E-state index in [9.17, 15) is 14.4 Å². The van der Waals surface area contributed by atoms with Gasteiger partial charge in [-0.25, -0.2) is 4.79 Å². The minimum absolute atomic E-state index is 0.0714. The molecule has 7 heteroatoms. The first-order valence-electron chi connectivity index (χ1n) is 12.3. The molecule has 0 heterocycles. The molecular formula is C27H43N3O4. The number of ether oxygens (including phenoxy) is 1. The predicted octanol–water partition coefficient (Wildman–Crippen LogP) is 4.66. The van der Waals surface area contributed by atoms with Crippen molar-refractivity contribution in [2.75, 3.05) is 0 Å². The van der Waals surface area contributed by atoms with Crippen molar-refractivity contribution >= 4 is 17.9 Å². The molecule has 7 nitrogen and oxygen atoms in total. The molecule has 0 spiro atoms. The van der Waals surface area contributed by atoms with E-state index in [1.165, 1.54) is 0 Å². The van der Waals surface area contributed by atoms with E-state index < -0.39 is 23.8 Å². The Kier molecular flexibility index (Phi) is 8.78. The van der Waals surface area contributed by atoms with Gasteiger partial charge < -0.3 is 20.3 Å². The van der Waals surface area contributed by atoms with E-state index in [1.54, 1.807) is 25.7 Å². The van der Waals surface area contributed by atoms with Gasteiger partial charge in [-0.3, -0.25) is 9.59 Å². The Morgan fingerprint density at radius 3 is 1.94 bits per heavy atom. The summed E-state index contributed by atoms with van der Waals surface area (Å²) in [5.74, 6) is -0.395. The standard InChI is InChI=1S/C27H43N3O4/c1-15(2)22(29-26(33)34-27(8,9)10)25(32)30(21-14-19(21)7)23(24(31)28-16(3)4)20-12-17(5)11-18(6)13-20/h11-13,15-16,19,21-23H,14H2,1-10H3,(H,28,31)(H,29,33). The number of carbonyl (C=O) groups is 3. The summed E-state index contributed by atoms with van der Waals surface area (Å²) < 4.78 is 5.42. The summed E-state index contributed by atoms with van der Waals surface area (Å²) >= 11 is 0. The average Bonchev–Trinajstić information content (AvgIpc) is 3.36. The van der Waals surface area contributed by atoms with Crippen molar-refractivity contribution < 1.29 is 19.1 Å². The highest BCUT2D eigenvalue weighted by Gasteiger charge is 2.48. The molecular weight excluding hydrogens is 430 g/mol. The molecule has 4 atom stereocenters. The Hall–Kier alpha value is -2.57. The van der Waals surface area contributed by atoms with E-state index in [2.05, 4.69) is 17.6 Å². The topological polar surface area (TPSA) is 87.7 Å². The summed E-state index contributed by atoms with van der Waals surface area (Å²) in [7, 11) is 0. The van der Waals surface area contributed by atoms with Crippen LogP contribution in [-0.2, 0) is 14.3 Å². The molecule has 0 aromatic heterocycles. The monoisotopic (exact) mass is 473 g/mol. The number of rotatable bonds is 8. The summed E-state index contributed by atoms with van der Waals surface area (Å²) in [4.78, 5) is 41.9. The maximum Gasteiger partial charge on any atom is 0.408 e. The number of hydrogen-bond acceptors (Lipinski definition) is 4. The van der Waals surface area contributed by atoms with Gasteiger partial charge in [0.15, 0.2) is 0 Å². The van der Waals surface area contributed by atoms with Crippen LogP contribution in [0.25, 0.3) is 0 Å². The van der Waals surface area contributed by atoms with Crippen molar-refractivity contribution in [2.24, 2.45) is 11.8 Å². The molecule has 0 aliphatic heterocycles. The Labute approximate surface area is 205 Å². The second kappa shape index (κ2) is 10.8. The van der Waals surface area contributed by atoms with E-state index in [4.69, 9.17) is 4.74 Å². The lowest BCUT2D eigenvalue weighted by Gasteiger charge is -2.36. The van der Waals surface area contributed by atoms with Gasteiger partial charge in [0.1, 0.15) is 17.7 Å². The number of aryl methyl sites for hydroxylation is 2. The second-order valence-electron chi connectivity index (χ2n) is 11.4. The molecule has 1 aliphatic carbocycles. The molecule has 34 heavy (non-hydrogen) atoms. The largest absolute Gasteiger partial charge is 0.444 e. The lowest BCUT2D eigenvalue weighted by atomic mass is 9.96. The van der Waals surface area contributed by atoms with E-state index in [0.29, 0.717) is 0 Å². The van der Waals surface area contributed by atoms with Crippen LogP contribution in [0.4, 0.5) is 4.79 Å². The molecule has 1 saturated carbocycles. The van der Waals surface area contributed by atoms with Crippen LogP contribution in [0.15, 0.2) is 18.2 Å². The quantitative estimate of drug-likeness (QED) is 0.575. The molecule has 1 aliphatic rings. The number of nitrogens with one attached hydrogen (secondary N) is 2. The molecule has 0 saturated heterocycles. The first kappa shape index (κ1) is 27.7. The number of amides is 3. The van der Waals surface area contributed by atoms with Gasteiger partial charge in [-0.2, -0.15) is 0 Å². The number of hydrogen-bond donors (Lipinski definition) is 2. The van der Waals surface area contributed by atoms with Gasteiger partial charge in [0.2, 0.25) is 11.8 Å². The third-order valence-corrected chi connectivity index (χ3v) is 5.80. The third-order valence-electron chi connectivity index (χ3n) is 5.80. The molecule has 2 rings (SSSR count). The van der Waals surface area contributed by atoms with Gasteiger partial charge in [-0.1, -0.05) is 50.1 Å². The number of benzene rings is 1. The van der Waals surface area contributed by atoms with Crippen molar-refractivity contribution in [3.63, 3.8) is 0 Å². The van der Waals surface area contributed by atoms with Crippen LogP contribution in [0.3, 0.4) is 0 Å². The smallest absolute Gasteiger partial charge is 0.408 e. The summed E-state index contributed by atoms with van der Waals surface area (Å²) in [6.45, 7) is 19.0. The molecule has 3 amide bonds. The number of carbonyl (C=O) groups excluding carboxylic acids is 3. The van der Waals surface area contributed by atoms with Gasteiger partial charge in [-0.15, -0.1) is 0 Å². The van der Waals surface area contributed by atoms with E-state index >= 15 is 0 Å². The van der Waals surface area contributed by atoms with Crippen LogP contribution >= 0.6 is 0 Å². The minimum Gasteiger partial charge on any atom is -0.444 e. The molecule has 1 aromatic rings. The lowest BCUT2D eigenvalue weighted by Crippen LogP contribution is -2.56. The van der Waals surface area contributed by atoms with Gasteiger partial charge >= 0.3 is 6.09 Å². The fourth-order valence-electron chi connectivity index (χ4n) is 4.25. The minimum atomic E-state index is -0.817. The van der Waals surface area contributed by atoms with Crippen molar-refractivity contribution in [1.82, 2.24) is 15.5 Å². The first-order chi connectivity index (χ1) is 15.6. The summed E-state index contributed by atoms with van der Waals surface area (Å²) in [5.41, 5.74) is 2.16. The molecule has 1 fully saturated rings. The van der Waals surface area contributed by atoms with Crippen LogP contribution in [-0.4, -0.2) is 46.5 Å². The van der Waals surface area contributed by atoms with Crippen LogP contribution in [0, 0.1) is 25.7 Å². The molecule has 0 bridgehead atoms. The summed E-state index contributed by atoms with van der Waals surface area (Å²) in [6, 6.07) is 4.24. The molecule has 4 unspecified atom stereocenters. The van der Waals surface area contributed by atoms with Crippen LogP contribution < -0.4 is 10.6 Å². The number of nitrogens with zero attached hydrogens (tertiary/aromatic N) is 1. The zero-order valence-electron chi connectivity index (χ0n) is 22.5. The maximum atomic E-state index is 14.1. The lowest BCUT2D eigenvalue weighted by molar-refractivity contribution is -0.144. The van der Waals surface area contributed by atoms with Crippen molar-refractivity contribution in [3.8, 4) is 0 Å². The zero-order valence-corrected chi connectivity index (χ0v) is 22.5. The van der Waals surface area contributed by atoms with E-state index in [1.807, 2.05) is 59.7 Å². The Morgan fingerprint density at radius 1 is 1.00 bits per heavy atom. The third kappa shape index (κ3) is 7.47. The summed E-state index contributed by atoms with van der Waals surface area (Å²) in [6.07, 6.45) is 0.178. The average molecular weight is 474 g/mol. The summed E-state index contributed by atoms with van der Waals surface area (Å²) in [5, 5.41) is 5.78. The van der Waals surface area contributed by atoms with Gasteiger partial charge in [0.25, 0.3) is 0 Å². The van der Waals surface area contributed by atoms with E-state index in [-0.39, 0.29) is 35.7 Å². The van der Waals surface area contributed by atoms with Crippen molar-refractivity contribution in [1.29, 1.82) is 0 Å². The number of alkyl carbamates (subject to hydrolysis) is 1. The van der Waals surface area contributed by atoms with Gasteiger partial charge in [0.05, 0.1) is 0 Å². The predicted molar refractivity (Wildman–Crippen MR) is 134 cm³/mol. The van der Waals surface area contributed by atoms with Crippen LogP contribution in [0.2, 0.25) is 0 Å². The van der Waals surface area contributed by atoms with Gasteiger partial charge in [0, 0.05) is 12.1 Å². The molecule has 1 aromatic carbocycles. The van der Waals surface area contributed by atoms with Crippen molar-refractivity contribution in [3.05, 3.63) is 34.9 Å². The molecule has 0 radical (unpaired) electrons. The van der Waals surface area contributed by atoms with Gasteiger partial charge in [-0.05, 0) is 72.3 Å². The molecule has 190 valence electrons. The normalized spacial score (nSPS) is 19.4. The SMILES string of the molecule is Cc1cc(C)cc(C(C(=O)NC(C)C)N(C(=O)C(NC(=O)OC(C)(C)C)C(C)C)C2CC2C)c1. The second-order valence-corrected chi connectivity index (χ2v) is 11.4. The zero-order chi connectivity index (χ0) is 26.0. The van der Waals surface area contributed by atoms with Crippen molar-refractivity contribution in [2.45, 2.75) is 105 Å². The maximum absolute atomic E-state index is 14.1. The fourth-order valence-corrected chi connectivity index (χ4v) is 4.25. The van der Waals surface area contributed by atoms with Crippen LogP contribution in [0.5, 0.6) is 0 Å². The Bertz CT molecular complexity index is 883. The molecule has 2 N–H and O–H groups in total. The fraction of sp³-hybridized carbons (Fsp3) is 0.667. The highest BCUT2D eigenvalue weighted by atomic mass is 16.6. The van der Waals surface area contributed by atoms with Crippen LogP contribution in [0.1, 0.15) is 84.5 Å². The highest BCUT2D eigenvalue weighted by molar-refractivity contribution is 5.93. The highest BCUT2D eigenvalue weighted by Crippen LogP contribution is 2.41. The Morgan fingerprint density at radius 2 is 1.53 bits per heavy atom. The Balaban J connectivity index is 2.52. The van der Waals surface area contributed by atoms with E-state index in [0.717, 1.165) is 23.1 Å². The first-order valence-corrected chi connectivity index (χ1v) is 12.3.